The third-order valence-corrected chi connectivity index (χ3v) is 5.01. The average molecular weight is 393 g/mol. The molecule has 0 aliphatic carbocycles. The molecule has 0 saturated heterocycles. The van der Waals surface area contributed by atoms with Crippen molar-refractivity contribution in [2.24, 2.45) is 5.73 Å². The average Bonchev–Trinajstić information content (AvgIpc) is 3.04. The highest BCUT2D eigenvalue weighted by Crippen LogP contribution is 2.33. The number of aromatic nitrogens is 3. The van der Waals surface area contributed by atoms with Gasteiger partial charge in [-0.2, -0.15) is 13.2 Å². The predicted octanol–water partition coefficient (Wildman–Crippen LogP) is 4.86. The molecule has 3 rings (SSSR count). The van der Waals surface area contributed by atoms with E-state index >= 15 is 0 Å². The van der Waals surface area contributed by atoms with E-state index in [4.69, 9.17) is 5.73 Å². The van der Waals surface area contributed by atoms with E-state index < -0.39 is 17.4 Å². The summed E-state index contributed by atoms with van der Waals surface area (Å²) in [5.41, 5.74) is 6.96. The Kier molecular flexibility index (Phi) is 4.92. The lowest BCUT2D eigenvalue weighted by Gasteiger charge is -2.14. The van der Waals surface area contributed by atoms with Crippen LogP contribution in [0.1, 0.15) is 30.1 Å². The van der Waals surface area contributed by atoms with Crippen LogP contribution in [0.2, 0.25) is 0 Å². The number of anilines is 2. The molecule has 0 radical (unpaired) electrons. The highest BCUT2D eigenvalue weighted by Gasteiger charge is 2.32. The van der Waals surface area contributed by atoms with E-state index in [2.05, 4.69) is 20.3 Å². The first kappa shape index (κ1) is 19.2. The number of nitrogens with one attached hydrogen (secondary N) is 1. The van der Waals surface area contributed by atoms with Gasteiger partial charge in [0.15, 0.2) is 0 Å². The molecule has 0 unspecified atom stereocenters. The molecule has 0 saturated carbocycles. The van der Waals surface area contributed by atoms with E-state index in [1.165, 1.54) is 11.3 Å². The van der Waals surface area contributed by atoms with Crippen molar-refractivity contribution < 1.29 is 13.2 Å². The summed E-state index contributed by atoms with van der Waals surface area (Å²) < 4.78 is 38.5. The summed E-state index contributed by atoms with van der Waals surface area (Å²) in [6, 6.07) is 6.43. The van der Waals surface area contributed by atoms with Gasteiger partial charge in [0.1, 0.15) is 10.7 Å². The van der Waals surface area contributed by atoms with Crippen LogP contribution in [-0.2, 0) is 11.7 Å². The van der Waals surface area contributed by atoms with Crippen LogP contribution in [-0.4, -0.2) is 15.0 Å². The monoisotopic (exact) mass is 393 g/mol. The minimum atomic E-state index is -4.52. The fourth-order valence-corrected chi connectivity index (χ4v) is 3.33. The number of nitrogens with two attached hydrogens (primary N) is 1. The van der Waals surface area contributed by atoms with E-state index in [0.717, 1.165) is 33.3 Å². The lowest BCUT2D eigenvalue weighted by atomic mass is 10.1. The van der Waals surface area contributed by atoms with Gasteiger partial charge in [-0.25, -0.2) is 15.0 Å². The van der Waals surface area contributed by atoms with Crippen LogP contribution in [0.15, 0.2) is 36.7 Å². The molecule has 0 amide bonds. The van der Waals surface area contributed by atoms with E-state index in [9.17, 15) is 13.2 Å². The van der Waals surface area contributed by atoms with Gasteiger partial charge >= 0.3 is 6.18 Å². The summed E-state index contributed by atoms with van der Waals surface area (Å²) >= 11 is 1.48. The van der Waals surface area contributed by atoms with E-state index in [0.29, 0.717) is 5.69 Å². The van der Waals surface area contributed by atoms with Crippen molar-refractivity contribution in [3.8, 4) is 10.4 Å². The summed E-state index contributed by atoms with van der Waals surface area (Å²) in [5, 5.41) is 3.64. The summed E-state index contributed by atoms with van der Waals surface area (Å²) in [6.07, 6.45) is -1.70. The number of thiazole rings is 1. The van der Waals surface area contributed by atoms with Gasteiger partial charge in [0.05, 0.1) is 10.4 Å². The molecule has 2 aromatic heterocycles. The van der Waals surface area contributed by atoms with Crippen LogP contribution in [0.5, 0.6) is 0 Å². The summed E-state index contributed by atoms with van der Waals surface area (Å²) in [6.45, 7) is 5.66. The highest BCUT2D eigenvalue weighted by atomic mass is 32.1. The fourth-order valence-electron chi connectivity index (χ4n) is 2.41. The summed E-state index contributed by atoms with van der Waals surface area (Å²) in [5.74, 6) is -0.116. The molecule has 0 atom stereocenters. The van der Waals surface area contributed by atoms with E-state index in [-0.39, 0.29) is 5.95 Å². The molecule has 27 heavy (non-hydrogen) atoms. The van der Waals surface area contributed by atoms with Crippen LogP contribution in [0.3, 0.4) is 0 Å². The molecule has 5 nitrogen and oxygen atoms in total. The molecule has 142 valence electrons. The van der Waals surface area contributed by atoms with Crippen LogP contribution in [0, 0.1) is 6.92 Å². The number of alkyl halides is 3. The molecule has 0 spiro atoms. The first-order valence-electron chi connectivity index (χ1n) is 8.07. The fraction of sp³-hybridized carbons (Fsp3) is 0.278. The van der Waals surface area contributed by atoms with E-state index in [1.54, 1.807) is 6.20 Å². The van der Waals surface area contributed by atoms with Crippen molar-refractivity contribution in [1.29, 1.82) is 0 Å². The SMILES string of the molecule is Cc1cc(Nc2nccc(C(F)(F)F)n2)cc(-c2cnc(C(C)(C)N)s2)c1. The smallest absolute Gasteiger partial charge is 0.324 e. The largest absolute Gasteiger partial charge is 0.433 e. The Morgan fingerprint density at radius 3 is 2.48 bits per heavy atom. The number of hydrogen-bond donors (Lipinski definition) is 2. The maximum absolute atomic E-state index is 12.8. The topological polar surface area (TPSA) is 76.7 Å². The summed E-state index contributed by atoms with van der Waals surface area (Å²) in [4.78, 5) is 12.7. The Bertz CT molecular complexity index is 960. The molecule has 9 heteroatoms. The molecule has 0 aliphatic heterocycles. The molecule has 0 aliphatic rings. The van der Waals surface area contributed by atoms with Crippen LogP contribution in [0.4, 0.5) is 24.8 Å². The highest BCUT2D eigenvalue weighted by molar-refractivity contribution is 7.15. The molecule has 3 aromatic rings. The van der Waals surface area contributed by atoms with Crippen LogP contribution >= 0.6 is 11.3 Å². The summed E-state index contributed by atoms with van der Waals surface area (Å²) in [7, 11) is 0. The Morgan fingerprint density at radius 2 is 1.85 bits per heavy atom. The molecular weight excluding hydrogens is 375 g/mol. The third-order valence-electron chi connectivity index (χ3n) is 3.62. The quantitative estimate of drug-likeness (QED) is 0.662. The van der Waals surface area contributed by atoms with Crippen molar-refractivity contribution in [1.82, 2.24) is 15.0 Å². The molecule has 3 N–H and O–H groups in total. The lowest BCUT2D eigenvalue weighted by molar-refractivity contribution is -0.141. The van der Waals surface area contributed by atoms with E-state index in [1.807, 2.05) is 39.0 Å². The second-order valence-electron chi connectivity index (χ2n) is 6.73. The minimum absolute atomic E-state index is 0.116. The Balaban J connectivity index is 1.91. The zero-order valence-corrected chi connectivity index (χ0v) is 15.7. The van der Waals surface area contributed by atoms with Gasteiger partial charge in [-0.05, 0) is 50.1 Å². The number of halogens is 3. The zero-order chi connectivity index (χ0) is 19.8. The van der Waals surface area contributed by atoms with Crippen LogP contribution < -0.4 is 11.1 Å². The van der Waals surface area contributed by atoms with Gasteiger partial charge in [-0.3, -0.25) is 0 Å². The number of nitrogens with zero attached hydrogens (tertiary/aromatic N) is 3. The van der Waals surface area contributed by atoms with Gasteiger partial charge in [-0.15, -0.1) is 11.3 Å². The Hall–Kier alpha value is -2.52. The van der Waals surface area contributed by atoms with Crippen molar-refractivity contribution >= 4 is 23.0 Å². The maximum atomic E-state index is 12.8. The van der Waals surface area contributed by atoms with Gasteiger partial charge in [0.25, 0.3) is 0 Å². The van der Waals surface area contributed by atoms with Crippen molar-refractivity contribution in [3.63, 3.8) is 0 Å². The Labute approximate surface area is 158 Å². The van der Waals surface area contributed by atoms with Gasteiger partial charge in [0, 0.05) is 18.1 Å². The predicted molar refractivity (Wildman–Crippen MR) is 99.8 cm³/mol. The zero-order valence-electron chi connectivity index (χ0n) is 14.9. The van der Waals surface area contributed by atoms with Crippen LogP contribution in [0.25, 0.3) is 10.4 Å². The first-order valence-corrected chi connectivity index (χ1v) is 8.88. The number of hydrogen-bond acceptors (Lipinski definition) is 6. The molecule has 2 heterocycles. The van der Waals surface area contributed by atoms with Gasteiger partial charge in [0.2, 0.25) is 5.95 Å². The number of aryl methyl sites for hydroxylation is 1. The number of rotatable bonds is 4. The minimum Gasteiger partial charge on any atom is -0.324 e. The lowest BCUT2D eigenvalue weighted by Crippen LogP contribution is -2.28. The molecule has 0 bridgehead atoms. The molecular formula is C18H18F3N5S. The standard InChI is InChI=1S/C18H18F3N5S/c1-10-6-11(13-9-24-15(27-13)17(2,3)22)8-12(7-10)25-16-23-5-4-14(26-16)18(19,20)21/h4-9H,22H2,1-3H3,(H,23,25,26). The maximum Gasteiger partial charge on any atom is 0.433 e. The van der Waals surface area contributed by atoms with Crippen molar-refractivity contribution in [3.05, 3.63) is 52.9 Å². The normalized spacial score (nSPS) is 12.3. The second kappa shape index (κ2) is 6.90. The molecule has 1 aromatic carbocycles. The Morgan fingerprint density at radius 1 is 1.11 bits per heavy atom. The van der Waals surface area contributed by atoms with Crippen molar-refractivity contribution in [2.45, 2.75) is 32.5 Å². The number of benzene rings is 1. The first-order chi connectivity index (χ1) is 12.5. The van der Waals surface area contributed by atoms with Gasteiger partial charge < -0.3 is 11.1 Å². The second-order valence-corrected chi connectivity index (χ2v) is 7.76. The van der Waals surface area contributed by atoms with Gasteiger partial charge in [-0.1, -0.05) is 6.07 Å². The third kappa shape index (κ3) is 4.61. The molecule has 0 fully saturated rings. The van der Waals surface area contributed by atoms with Crippen molar-refractivity contribution in [2.75, 3.05) is 5.32 Å².